The number of phosphoric acid groups is 2. The molecule has 0 amide bonds. The van der Waals surface area contributed by atoms with E-state index in [4.69, 9.17) is 37.0 Å². The average Bonchev–Trinajstić information content (AvgIpc) is 0.923. The largest absolute Gasteiger partial charge is 0.472 e. The third kappa shape index (κ3) is 78.0. The van der Waals surface area contributed by atoms with Crippen molar-refractivity contribution in [3.05, 3.63) is 194 Å². The Morgan fingerprint density at radius 1 is 0.278 bits per heavy atom. The molecule has 0 aromatic heterocycles. The molecule has 0 radical (unpaired) electrons. The van der Waals surface area contributed by atoms with Crippen LogP contribution in [-0.2, 0) is 65.4 Å². The Kier molecular flexibility index (Phi) is 74.5. The molecule has 0 aromatic carbocycles. The van der Waals surface area contributed by atoms with E-state index in [1.165, 1.54) is 19.3 Å². The maximum atomic E-state index is 13.1. The molecule has 5 unspecified atom stereocenters. The van der Waals surface area contributed by atoms with Crippen molar-refractivity contribution in [2.24, 2.45) is 0 Å². The van der Waals surface area contributed by atoms with Gasteiger partial charge in [-0.05, 0) is 167 Å². The average molecular weight is 1550 g/mol. The van der Waals surface area contributed by atoms with Crippen molar-refractivity contribution >= 4 is 39.5 Å². The number of unbranched alkanes of at least 4 members (excludes halogenated alkanes) is 17. The van der Waals surface area contributed by atoms with E-state index in [1.54, 1.807) is 12.2 Å². The quantitative estimate of drug-likeness (QED) is 0.0169. The minimum atomic E-state index is -5.02. The van der Waals surface area contributed by atoms with Gasteiger partial charge in [-0.25, -0.2) is 9.13 Å². The molecule has 0 fully saturated rings. The zero-order valence-corrected chi connectivity index (χ0v) is 68.5. The van der Waals surface area contributed by atoms with Crippen molar-refractivity contribution in [2.45, 2.75) is 303 Å². The van der Waals surface area contributed by atoms with Crippen LogP contribution in [0.3, 0.4) is 0 Å². The third-order valence-corrected chi connectivity index (χ3v) is 18.0. The summed E-state index contributed by atoms with van der Waals surface area (Å²) >= 11 is 0. The van der Waals surface area contributed by atoms with Crippen molar-refractivity contribution in [3.8, 4) is 0 Å². The zero-order chi connectivity index (χ0) is 78.9. The zero-order valence-electron chi connectivity index (χ0n) is 66.7. The molecule has 17 nitrogen and oxygen atoms in total. The highest BCUT2D eigenvalue weighted by atomic mass is 31.2. The number of esters is 4. The first-order valence-electron chi connectivity index (χ1n) is 40.7. The van der Waals surface area contributed by atoms with E-state index in [1.807, 2.05) is 12.2 Å². The Hall–Kier alpha value is -6.10. The molecule has 610 valence electrons. The van der Waals surface area contributed by atoms with Crippen molar-refractivity contribution in [1.82, 2.24) is 0 Å². The topological polar surface area (TPSA) is 237 Å². The van der Waals surface area contributed by atoms with Crippen molar-refractivity contribution in [3.63, 3.8) is 0 Å². The summed E-state index contributed by atoms with van der Waals surface area (Å²) in [6.45, 7) is 4.30. The van der Waals surface area contributed by atoms with Crippen molar-refractivity contribution in [2.75, 3.05) is 39.6 Å². The maximum absolute atomic E-state index is 13.1. The molecule has 0 rings (SSSR count). The van der Waals surface area contributed by atoms with E-state index >= 15 is 0 Å². The number of aliphatic hydroxyl groups excluding tert-OH is 1. The smallest absolute Gasteiger partial charge is 0.462 e. The molecule has 0 saturated carbocycles. The molecule has 0 spiro atoms. The van der Waals surface area contributed by atoms with Crippen LogP contribution in [0.4, 0.5) is 0 Å². The molecular formula is C89H142O17P2. The van der Waals surface area contributed by atoms with Crippen LogP contribution in [0.5, 0.6) is 0 Å². The van der Waals surface area contributed by atoms with E-state index in [2.05, 4.69) is 198 Å². The van der Waals surface area contributed by atoms with Gasteiger partial charge in [0.25, 0.3) is 0 Å². The number of allylic oxidation sites excluding steroid dienone is 31. The minimum Gasteiger partial charge on any atom is -0.462 e. The van der Waals surface area contributed by atoms with Crippen LogP contribution < -0.4 is 0 Å². The van der Waals surface area contributed by atoms with Crippen molar-refractivity contribution < 1.29 is 80.2 Å². The number of hydrogen-bond donors (Lipinski definition) is 3. The number of carbonyl (C=O) groups is 4. The Morgan fingerprint density at radius 2 is 0.519 bits per heavy atom. The van der Waals surface area contributed by atoms with Crippen LogP contribution in [0.25, 0.3) is 0 Å². The lowest BCUT2D eigenvalue weighted by atomic mass is 10.1. The van der Waals surface area contributed by atoms with Crippen LogP contribution in [0, 0.1) is 0 Å². The summed E-state index contributed by atoms with van der Waals surface area (Å²) in [4.78, 5) is 73.1. The second-order valence-corrected chi connectivity index (χ2v) is 29.1. The number of ether oxygens (including phenoxy) is 4. The van der Waals surface area contributed by atoms with Gasteiger partial charge < -0.3 is 33.8 Å². The second kappa shape index (κ2) is 79.0. The fraction of sp³-hybridized carbons (Fsp3) is 0.596. The lowest BCUT2D eigenvalue weighted by Gasteiger charge is -2.21. The number of carbonyl (C=O) groups excluding carboxylic acids is 4. The normalized spacial score (nSPS) is 14.8. The molecule has 108 heavy (non-hydrogen) atoms. The molecule has 19 heteroatoms. The summed E-state index contributed by atoms with van der Waals surface area (Å²) in [5.74, 6) is -2.41. The molecule has 0 aliphatic carbocycles. The summed E-state index contributed by atoms with van der Waals surface area (Å²) in [5.41, 5.74) is 0. The van der Waals surface area contributed by atoms with Crippen LogP contribution in [0.1, 0.15) is 285 Å². The van der Waals surface area contributed by atoms with Crippen LogP contribution in [0.2, 0.25) is 0 Å². The number of rotatable bonds is 74. The van der Waals surface area contributed by atoms with Crippen molar-refractivity contribution in [1.29, 1.82) is 0 Å². The standard InChI is InChI=1S/C89H142O17P2/c1-5-9-13-17-21-25-29-33-37-39-41-43-47-49-53-57-61-65-69-73-86(91)99-79-84(105-88(93)75-71-67-63-59-55-51-45-35-31-27-23-19-15-11-7-3)81-103-107(95,96)101-77-83(90)78-102-108(97,98)104-82-85(106-89(94)76-72-68-64-60-56-52-46-36-32-28-24-20-16-12-8-4)80-100-87(92)74-70-66-62-58-54-50-48-44-42-40-38-34-30-26-22-18-14-10-6-2/h9-11,13-15,21-28,33-38,41-46,49,53,55,59,67,71,83-85,90H,5-8,12,16-20,29-32,39-40,47-48,50-52,54,56-58,60-66,68-70,72-82H2,1-4H3,(H,95,96)(H,97,98)/b13-9-,14-10-,15-11-,25-21-,26-22-,27-23-,28-24-,37-33-,38-34-,43-41-,44-42-,45-35-,46-36-,53-49-,59-55-,71-67-. The van der Waals surface area contributed by atoms with Gasteiger partial charge in [-0.15, -0.1) is 0 Å². The molecule has 0 heterocycles. The predicted octanol–water partition coefficient (Wildman–Crippen LogP) is 24.1. The number of hydrogen-bond acceptors (Lipinski definition) is 15. The molecule has 5 atom stereocenters. The third-order valence-electron chi connectivity index (χ3n) is 16.1. The first-order valence-corrected chi connectivity index (χ1v) is 43.7. The first kappa shape index (κ1) is 102. The summed E-state index contributed by atoms with van der Waals surface area (Å²) in [7, 11) is -10.0. The number of phosphoric ester groups is 2. The van der Waals surface area contributed by atoms with Gasteiger partial charge in [0.15, 0.2) is 12.2 Å². The summed E-state index contributed by atoms with van der Waals surface area (Å²) in [5, 5.41) is 10.7. The first-order chi connectivity index (χ1) is 52.7. The molecule has 0 bridgehead atoms. The maximum Gasteiger partial charge on any atom is 0.472 e. The second-order valence-electron chi connectivity index (χ2n) is 26.2. The fourth-order valence-corrected chi connectivity index (χ4v) is 11.6. The molecular weight excluding hydrogens is 1400 g/mol. The Balaban J connectivity index is 5.50. The van der Waals surface area contributed by atoms with Gasteiger partial charge >= 0.3 is 39.5 Å². The van der Waals surface area contributed by atoms with Gasteiger partial charge in [0.05, 0.1) is 32.8 Å². The highest BCUT2D eigenvalue weighted by Crippen LogP contribution is 2.45. The van der Waals surface area contributed by atoms with Gasteiger partial charge in [0.1, 0.15) is 19.3 Å². The Bertz CT molecular complexity index is 2810. The van der Waals surface area contributed by atoms with E-state index in [9.17, 15) is 43.2 Å². The SMILES string of the molecule is CC/C=C\C/C=C\C/C=C\C/C=C\C/C=C\CCCCCC(=O)OCC(COP(=O)(O)OCC(O)COP(=O)(O)OCC(COC(=O)CCCCCCCC/C=C\C/C=C\C/C=C\C/C=C\CC)OC(=O)CCCCCCC/C=C\C/C=C\CCCCC)OC(=O)C/C=C\C/C=C\C/C=C\C/C=C\C/C=C\CC. The van der Waals surface area contributed by atoms with E-state index in [0.717, 1.165) is 186 Å². The van der Waals surface area contributed by atoms with Gasteiger partial charge in [-0.1, -0.05) is 286 Å². The molecule has 0 aromatic rings. The van der Waals surface area contributed by atoms with E-state index in [0.29, 0.717) is 25.7 Å². The molecule has 0 aliphatic rings. The van der Waals surface area contributed by atoms with Gasteiger partial charge in [-0.2, -0.15) is 0 Å². The summed E-state index contributed by atoms with van der Waals surface area (Å²) < 4.78 is 68.5. The molecule has 0 aliphatic heterocycles. The van der Waals surface area contributed by atoms with Gasteiger partial charge in [0, 0.05) is 19.3 Å². The highest BCUT2D eigenvalue weighted by Gasteiger charge is 2.30. The lowest BCUT2D eigenvalue weighted by molar-refractivity contribution is -0.161. The van der Waals surface area contributed by atoms with Crippen LogP contribution >= 0.6 is 15.6 Å². The number of aliphatic hydroxyl groups is 1. The minimum absolute atomic E-state index is 0.0651. The van der Waals surface area contributed by atoms with E-state index < -0.39 is 97.5 Å². The van der Waals surface area contributed by atoms with Crippen LogP contribution in [0.15, 0.2) is 194 Å². The monoisotopic (exact) mass is 1540 g/mol. The van der Waals surface area contributed by atoms with E-state index in [-0.39, 0.29) is 25.7 Å². The van der Waals surface area contributed by atoms with Gasteiger partial charge in [-0.3, -0.25) is 37.3 Å². The summed E-state index contributed by atoms with van der Waals surface area (Å²) in [6.07, 6.45) is 97.2. The highest BCUT2D eigenvalue weighted by molar-refractivity contribution is 7.47. The Morgan fingerprint density at radius 3 is 0.833 bits per heavy atom. The molecule has 3 N–H and O–H groups in total. The van der Waals surface area contributed by atoms with Crippen LogP contribution in [-0.4, -0.2) is 96.7 Å². The lowest BCUT2D eigenvalue weighted by Crippen LogP contribution is -2.30. The van der Waals surface area contributed by atoms with Gasteiger partial charge in [0.2, 0.25) is 0 Å². The summed E-state index contributed by atoms with van der Waals surface area (Å²) in [6, 6.07) is 0. The molecule has 0 saturated heterocycles. The Labute approximate surface area is 653 Å². The predicted molar refractivity (Wildman–Crippen MR) is 445 cm³/mol. The fourth-order valence-electron chi connectivity index (χ4n) is 9.99.